The number of aliphatic hydroxyl groups is 1. The SMILES string of the molecule is CCOC(=O)CCC(=O)O.O=C(O)CC(O)(CC(=O)O)C(=O)O. The standard InChI is InChI=1S/C6H8O7.C6H10O4/c7-3(8)1-6(13,5(11)12)2-4(9)10;1-2-10-6(9)4-3-5(7)8/h13H,1-2H2,(H,7,8)(H,9,10)(H,11,12);2-4H2,1H3,(H,7,8). The van der Waals surface area contributed by atoms with Crippen molar-refractivity contribution in [2.24, 2.45) is 0 Å². The summed E-state index contributed by atoms with van der Waals surface area (Å²) in [5, 5.41) is 41.9. The van der Waals surface area contributed by atoms with E-state index in [-0.39, 0.29) is 12.8 Å². The first-order valence-electron chi connectivity index (χ1n) is 6.21. The molecular formula is C12H18O11. The van der Waals surface area contributed by atoms with Crippen LogP contribution in [-0.2, 0) is 28.7 Å². The minimum Gasteiger partial charge on any atom is -0.481 e. The molecule has 23 heavy (non-hydrogen) atoms. The monoisotopic (exact) mass is 338 g/mol. The van der Waals surface area contributed by atoms with Gasteiger partial charge in [0, 0.05) is 0 Å². The zero-order chi connectivity index (χ0) is 18.6. The van der Waals surface area contributed by atoms with Crippen LogP contribution in [0.1, 0.15) is 32.6 Å². The van der Waals surface area contributed by atoms with E-state index in [9.17, 15) is 24.0 Å². The van der Waals surface area contributed by atoms with Crippen LogP contribution < -0.4 is 0 Å². The van der Waals surface area contributed by atoms with Crippen molar-refractivity contribution in [3.05, 3.63) is 0 Å². The maximum Gasteiger partial charge on any atom is 0.336 e. The van der Waals surface area contributed by atoms with Crippen molar-refractivity contribution in [1.82, 2.24) is 0 Å². The zero-order valence-corrected chi connectivity index (χ0v) is 12.2. The molecule has 0 aliphatic heterocycles. The first kappa shape index (κ1) is 22.6. The molecule has 0 saturated carbocycles. The number of rotatable bonds is 9. The molecule has 0 amide bonds. The van der Waals surface area contributed by atoms with Gasteiger partial charge in [0.05, 0.1) is 32.3 Å². The smallest absolute Gasteiger partial charge is 0.336 e. The van der Waals surface area contributed by atoms with E-state index < -0.39 is 48.3 Å². The van der Waals surface area contributed by atoms with E-state index in [0.29, 0.717) is 6.61 Å². The highest BCUT2D eigenvalue weighted by molar-refractivity contribution is 5.88. The van der Waals surface area contributed by atoms with Gasteiger partial charge in [0.1, 0.15) is 0 Å². The van der Waals surface area contributed by atoms with Crippen LogP contribution in [0.25, 0.3) is 0 Å². The number of carbonyl (C=O) groups is 5. The third-order valence-electron chi connectivity index (χ3n) is 2.13. The molecule has 0 spiro atoms. The molecule has 5 N–H and O–H groups in total. The second-order valence-electron chi connectivity index (χ2n) is 4.18. The van der Waals surface area contributed by atoms with Crippen LogP contribution in [0.3, 0.4) is 0 Å². The van der Waals surface area contributed by atoms with Crippen LogP contribution in [-0.4, -0.2) is 67.6 Å². The zero-order valence-electron chi connectivity index (χ0n) is 12.2. The Hall–Kier alpha value is -2.69. The summed E-state index contributed by atoms with van der Waals surface area (Å²) in [6.45, 7) is 1.98. The summed E-state index contributed by atoms with van der Waals surface area (Å²) in [5.41, 5.74) is -2.74. The molecule has 0 atom stereocenters. The quantitative estimate of drug-likeness (QED) is 0.329. The molecule has 0 aromatic carbocycles. The van der Waals surface area contributed by atoms with Crippen LogP contribution in [0.15, 0.2) is 0 Å². The minimum absolute atomic E-state index is 0.0385. The third-order valence-corrected chi connectivity index (χ3v) is 2.13. The number of hydrogen-bond donors (Lipinski definition) is 5. The van der Waals surface area contributed by atoms with Gasteiger partial charge in [0.25, 0.3) is 0 Å². The van der Waals surface area contributed by atoms with E-state index in [0.717, 1.165) is 0 Å². The second kappa shape index (κ2) is 11.0. The minimum atomic E-state index is -2.74. The number of carboxylic acids is 4. The van der Waals surface area contributed by atoms with E-state index >= 15 is 0 Å². The fraction of sp³-hybridized carbons (Fsp3) is 0.583. The Morgan fingerprint density at radius 3 is 1.52 bits per heavy atom. The average molecular weight is 338 g/mol. The van der Waals surface area contributed by atoms with Crippen LogP contribution in [0.4, 0.5) is 0 Å². The van der Waals surface area contributed by atoms with E-state index in [4.69, 9.17) is 25.5 Å². The lowest BCUT2D eigenvalue weighted by Crippen LogP contribution is -2.42. The number of carboxylic acid groups (broad SMARTS) is 4. The summed E-state index contributed by atoms with van der Waals surface area (Å²) in [6.07, 6.45) is -2.48. The highest BCUT2D eigenvalue weighted by atomic mass is 16.5. The Balaban J connectivity index is 0. The van der Waals surface area contributed by atoms with Crippen LogP contribution in [0.5, 0.6) is 0 Å². The Morgan fingerprint density at radius 2 is 1.26 bits per heavy atom. The van der Waals surface area contributed by atoms with Gasteiger partial charge in [-0.25, -0.2) is 4.79 Å². The van der Waals surface area contributed by atoms with Gasteiger partial charge in [-0.3, -0.25) is 19.2 Å². The Bertz CT molecular complexity index is 438. The van der Waals surface area contributed by atoms with Crippen molar-refractivity contribution >= 4 is 29.8 Å². The van der Waals surface area contributed by atoms with Crippen molar-refractivity contribution < 1.29 is 54.2 Å². The van der Waals surface area contributed by atoms with Gasteiger partial charge in [-0.05, 0) is 6.92 Å². The van der Waals surface area contributed by atoms with E-state index in [1.54, 1.807) is 6.92 Å². The molecule has 0 aromatic heterocycles. The van der Waals surface area contributed by atoms with Crippen molar-refractivity contribution in [1.29, 1.82) is 0 Å². The molecule has 0 aliphatic carbocycles. The molecule has 0 fully saturated rings. The first-order valence-corrected chi connectivity index (χ1v) is 6.21. The predicted octanol–water partition coefficient (Wildman–Crippen LogP) is -0.834. The van der Waals surface area contributed by atoms with E-state index in [1.165, 1.54) is 0 Å². The summed E-state index contributed by atoms with van der Waals surface area (Å²) in [7, 11) is 0. The lowest BCUT2D eigenvalue weighted by Gasteiger charge is -2.18. The van der Waals surface area contributed by atoms with Gasteiger partial charge >= 0.3 is 29.8 Å². The van der Waals surface area contributed by atoms with Gasteiger partial charge < -0.3 is 30.3 Å². The van der Waals surface area contributed by atoms with E-state index in [2.05, 4.69) is 4.74 Å². The fourth-order valence-corrected chi connectivity index (χ4v) is 1.16. The molecule has 11 nitrogen and oxygen atoms in total. The molecule has 0 bridgehead atoms. The van der Waals surface area contributed by atoms with Crippen LogP contribution in [0.2, 0.25) is 0 Å². The lowest BCUT2D eigenvalue weighted by molar-refractivity contribution is -0.170. The van der Waals surface area contributed by atoms with Crippen LogP contribution in [0, 0.1) is 0 Å². The van der Waals surface area contributed by atoms with Gasteiger partial charge in [-0.2, -0.15) is 0 Å². The largest absolute Gasteiger partial charge is 0.481 e. The van der Waals surface area contributed by atoms with Crippen molar-refractivity contribution in [2.75, 3.05) is 6.61 Å². The number of aliphatic carboxylic acids is 4. The van der Waals surface area contributed by atoms with Gasteiger partial charge in [0.2, 0.25) is 0 Å². The van der Waals surface area contributed by atoms with Crippen molar-refractivity contribution in [3.8, 4) is 0 Å². The maximum atomic E-state index is 10.5. The Kier molecular flexibility index (Phi) is 10.8. The molecule has 0 saturated heterocycles. The molecule has 132 valence electrons. The fourth-order valence-electron chi connectivity index (χ4n) is 1.16. The molecule has 0 aliphatic rings. The molecule has 0 rings (SSSR count). The van der Waals surface area contributed by atoms with Crippen molar-refractivity contribution in [2.45, 2.75) is 38.2 Å². The summed E-state index contributed by atoms with van der Waals surface area (Å²) in [6, 6.07) is 0. The predicted molar refractivity (Wildman–Crippen MR) is 70.6 cm³/mol. The first-order chi connectivity index (χ1) is 10.4. The number of hydrogen-bond acceptors (Lipinski definition) is 7. The number of ether oxygens (including phenoxy) is 1. The summed E-state index contributed by atoms with van der Waals surface area (Å²) < 4.78 is 4.49. The third kappa shape index (κ3) is 12.7. The topological polar surface area (TPSA) is 196 Å². The molecular weight excluding hydrogens is 320 g/mol. The molecule has 11 heteroatoms. The van der Waals surface area contributed by atoms with E-state index in [1.807, 2.05) is 0 Å². The van der Waals surface area contributed by atoms with Crippen LogP contribution >= 0.6 is 0 Å². The molecule has 0 radical (unpaired) electrons. The Labute approximate surface area is 130 Å². The summed E-state index contributed by atoms with van der Waals surface area (Å²) >= 11 is 0. The lowest BCUT2D eigenvalue weighted by atomic mass is 9.96. The highest BCUT2D eigenvalue weighted by Crippen LogP contribution is 2.15. The second-order valence-corrected chi connectivity index (χ2v) is 4.18. The van der Waals surface area contributed by atoms with Gasteiger partial charge in [0.15, 0.2) is 5.60 Å². The molecule has 0 aromatic rings. The molecule has 0 unspecified atom stereocenters. The highest BCUT2D eigenvalue weighted by Gasteiger charge is 2.40. The summed E-state index contributed by atoms with van der Waals surface area (Å²) in [5.74, 6) is -6.45. The van der Waals surface area contributed by atoms with Crippen molar-refractivity contribution in [3.63, 3.8) is 0 Å². The number of esters is 1. The average Bonchev–Trinajstić information content (AvgIpc) is 2.35. The summed E-state index contributed by atoms with van der Waals surface area (Å²) in [4.78, 5) is 50.8. The number of carbonyl (C=O) groups excluding carboxylic acids is 1. The van der Waals surface area contributed by atoms with Gasteiger partial charge in [-0.15, -0.1) is 0 Å². The normalized spacial score (nSPS) is 10.0. The van der Waals surface area contributed by atoms with Gasteiger partial charge in [-0.1, -0.05) is 0 Å². The molecule has 0 heterocycles. The maximum absolute atomic E-state index is 10.5. The Morgan fingerprint density at radius 1 is 0.826 bits per heavy atom.